The smallest absolute Gasteiger partial charge is 0.407 e. The molecule has 0 atom stereocenters. The lowest BCUT2D eigenvalue weighted by Gasteiger charge is -2.19. The Hall–Kier alpha value is -1.60. The Morgan fingerprint density at radius 1 is 1.36 bits per heavy atom. The Morgan fingerprint density at radius 3 is 2.77 bits per heavy atom. The van der Waals surface area contributed by atoms with Crippen LogP contribution in [0.2, 0.25) is 0 Å². The van der Waals surface area contributed by atoms with Crippen LogP contribution in [0, 0.1) is 13.8 Å². The molecule has 22 heavy (non-hydrogen) atoms. The fraction of sp³-hybridized carbons (Fsp3) is 0.600. The Balaban J connectivity index is 1.76. The first-order chi connectivity index (χ1) is 10.3. The fourth-order valence-electron chi connectivity index (χ4n) is 2.10. The number of alkyl carbamates (subject to hydrolysis) is 1. The minimum Gasteiger partial charge on any atom is -0.444 e. The van der Waals surface area contributed by atoms with E-state index in [4.69, 9.17) is 4.74 Å². The number of aromatic nitrogens is 2. The van der Waals surface area contributed by atoms with Crippen molar-refractivity contribution in [3.05, 3.63) is 22.5 Å². The van der Waals surface area contributed by atoms with Crippen LogP contribution in [0.25, 0.3) is 4.96 Å². The van der Waals surface area contributed by atoms with Crippen molar-refractivity contribution >= 4 is 22.4 Å². The third-order valence-corrected chi connectivity index (χ3v) is 3.90. The molecule has 0 saturated carbocycles. The zero-order valence-electron chi connectivity index (χ0n) is 13.8. The van der Waals surface area contributed by atoms with Gasteiger partial charge in [-0.1, -0.05) is 0 Å². The maximum absolute atomic E-state index is 11.5. The molecule has 2 heterocycles. The zero-order valence-corrected chi connectivity index (χ0v) is 14.6. The molecule has 2 rings (SSSR count). The number of hydrogen-bond donors (Lipinski definition) is 2. The van der Waals surface area contributed by atoms with Gasteiger partial charge in [-0.25, -0.2) is 9.78 Å². The monoisotopic (exact) mass is 324 g/mol. The number of nitrogens with one attached hydrogen (secondary N) is 2. The number of ether oxygens (including phenoxy) is 1. The molecule has 6 nitrogen and oxygen atoms in total. The van der Waals surface area contributed by atoms with Crippen molar-refractivity contribution in [3.8, 4) is 0 Å². The topological polar surface area (TPSA) is 67.7 Å². The van der Waals surface area contributed by atoms with Gasteiger partial charge < -0.3 is 15.4 Å². The van der Waals surface area contributed by atoms with Gasteiger partial charge in [-0.15, -0.1) is 11.3 Å². The molecule has 7 heteroatoms. The Morgan fingerprint density at radius 2 is 2.09 bits per heavy atom. The standard InChI is InChI=1S/C15H24N4O2S/c1-10-9-19-12(11(2)18-13(19)22-10)8-16-6-7-17-14(20)21-15(3,4)5/h9,16H,6-8H2,1-5H3,(H,17,20). The van der Waals surface area contributed by atoms with E-state index in [2.05, 4.69) is 33.1 Å². The van der Waals surface area contributed by atoms with E-state index < -0.39 is 5.60 Å². The highest BCUT2D eigenvalue weighted by molar-refractivity contribution is 7.17. The summed E-state index contributed by atoms with van der Waals surface area (Å²) in [5.41, 5.74) is 1.74. The van der Waals surface area contributed by atoms with Gasteiger partial charge in [0.1, 0.15) is 5.60 Å². The summed E-state index contributed by atoms with van der Waals surface area (Å²) in [4.78, 5) is 18.3. The molecule has 0 radical (unpaired) electrons. The zero-order chi connectivity index (χ0) is 16.3. The minimum absolute atomic E-state index is 0.384. The van der Waals surface area contributed by atoms with E-state index in [1.165, 1.54) is 4.88 Å². The van der Waals surface area contributed by atoms with Crippen LogP contribution in [0.3, 0.4) is 0 Å². The van der Waals surface area contributed by atoms with Gasteiger partial charge >= 0.3 is 6.09 Å². The summed E-state index contributed by atoms with van der Waals surface area (Å²) in [7, 11) is 0. The average Bonchev–Trinajstić information content (AvgIpc) is 2.83. The summed E-state index contributed by atoms with van der Waals surface area (Å²) in [6, 6.07) is 0. The number of imidazole rings is 1. The second-order valence-electron chi connectivity index (χ2n) is 6.24. The van der Waals surface area contributed by atoms with E-state index in [1.54, 1.807) is 11.3 Å². The molecule has 0 aliphatic carbocycles. The second kappa shape index (κ2) is 6.66. The number of rotatable bonds is 5. The molecule has 1 amide bonds. The molecule has 0 saturated heterocycles. The van der Waals surface area contributed by atoms with Crippen LogP contribution in [0.4, 0.5) is 4.79 Å². The molecule has 0 aliphatic rings. The number of nitrogens with zero attached hydrogens (tertiary/aromatic N) is 2. The van der Waals surface area contributed by atoms with Crippen molar-refractivity contribution in [2.24, 2.45) is 0 Å². The van der Waals surface area contributed by atoms with Crippen molar-refractivity contribution in [2.75, 3.05) is 13.1 Å². The maximum atomic E-state index is 11.5. The number of thiazole rings is 1. The Bertz CT molecular complexity index is 654. The van der Waals surface area contributed by atoms with Gasteiger partial charge in [-0.2, -0.15) is 0 Å². The van der Waals surface area contributed by atoms with Crippen molar-refractivity contribution in [1.29, 1.82) is 0 Å². The molecule has 0 aromatic carbocycles. The summed E-state index contributed by atoms with van der Waals surface area (Å²) >= 11 is 1.69. The highest BCUT2D eigenvalue weighted by Gasteiger charge is 2.15. The van der Waals surface area contributed by atoms with Crippen LogP contribution in [0.5, 0.6) is 0 Å². The van der Waals surface area contributed by atoms with Crippen molar-refractivity contribution < 1.29 is 9.53 Å². The normalized spacial score (nSPS) is 11.9. The minimum atomic E-state index is -0.464. The molecule has 0 aliphatic heterocycles. The average molecular weight is 324 g/mol. The van der Waals surface area contributed by atoms with E-state index in [0.717, 1.165) is 22.9 Å². The lowest BCUT2D eigenvalue weighted by Crippen LogP contribution is -2.36. The lowest BCUT2D eigenvalue weighted by molar-refractivity contribution is 0.0528. The van der Waals surface area contributed by atoms with Gasteiger partial charge in [0.05, 0.1) is 11.4 Å². The van der Waals surface area contributed by atoms with Crippen LogP contribution in [-0.4, -0.2) is 34.2 Å². The van der Waals surface area contributed by atoms with E-state index in [0.29, 0.717) is 13.1 Å². The van der Waals surface area contributed by atoms with Gasteiger partial charge in [0, 0.05) is 30.7 Å². The third-order valence-electron chi connectivity index (χ3n) is 3.00. The van der Waals surface area contributed by atoms with Gasteiger partial charge in [-0.05, 0) is 34.6 Å². The first-order valence-electron chi connectivity index (χ1n) is 7.38. The van der Waals surface area contributed by atoms with Crippen LogP contribution in [0.15, 0.2) is 6.20 Å². The van der Waals surface area contributed by atoms with Gasteiger partial charge in [0.25, 0.3) is 0 Å². The Kier molecular flexibility index (Phi) is 5.08. The number of carbonyl (C=O) groups is 1. The van der Waals surface area contributed by atoms with Gasteiger partial charge in [0.2, 0.25) is 0 Å². The number of aryl methyl sites for hydroxylation is 2. The van der Waals surface area contributed by atoms with E-state index in [-0.39, 0.29) is 6.09 Å². The van der Waals surface area contributed by atoms with Crippen LogP contribution >= 0.6 is 11.3 Å². The molecule has 2 N–H and O–H groups in total. The largest absolute Gasteiger partial charge is 0.444 e. The summed E-state index contributed by atoms with van der Waals surface area (Å²) in [6.45, 7) is 11.6. The van der Waals surface area contributed by atoms with Crippen LogP contribution in [-0.2, 0) is 11.3 Å². The van der Waals surface area contributed by atoms with Crippen LogP contribution in [0.1, 0.15) is 37.0 Å². The summed E-state index contributed by atoms with van der Waals surface area (Å²) in [5, 5.41) is 6.05. The quantitative estimate of drug-likeness (QED) is 0.830. The predicted molar refractivity (Wildman–Crippen MR) is 88.5 cm³/mol. The summed E-state index contributed by atoms with van der Waals surface area (Å²) < 4.78 is 7.31. The SMILES string of the molecule is Cc1cn2c(CNCCNC(=O)OC(C)(C)C)c(C)nc2s1. The second-order valence-corrected chi connectivity index (χ2v) is 7.46. The third kappa shape index (κ3) is 4.45. The van der Waals surface area contributed by atoms with Crippen LogP contribution < -0.4 is 10.6 Å². The Labute approximate surface area is 134 Å². The number of hydrogen-bond acceptors (Lipinski definition) is 5. The highest BCUT2D eigenvalue weighted by atomic mass is 32.1. The van der Waals surface area contributed by atoms with Crippen molar-refractivity contribution in [2.45, 2.75) is 46.8 Å². The molecule has 122 valence electrons. The van der Waals surface area contributed by atoms with E-state index in [9.17, 15) is 4.79 Å². The van der Waals surface area contributed by atoms with Crippen molar-refractivity contribution in [3.63, 3.8) is 0 Å². The first kappa shape index (κ1) is 16.8. The molecule has 0 spiro atoms. The summed E-state index contributed by atoms with van der Waals surface area (Å²) in [6.07, 6.45) is 1.72. The molecular weight excluding hydrogens is 300 g/mol. The number of fused-ring (bicyclic) bond motifs is 1. The van der Waals surface area contributed by atoms with E-state index in [1.807, 2.05) is 27.7 Å². The molecule has 0 unspecified atom stereocenters. The molecule has 2 aromatic rings. The maximum Gasteiger partial charge on any atom is 0.407 e. The molecule has 0 fully saturated rings. The molecule has 0 bridgehead atoms. The fourth-order valence-corrected chi connectivity index (χ4v) is 2.99. The summed E-state index contributed by atoms with van der Waals surface area (Å²) in [5.74, 6) is 0. The highest BCUT2D eigenvalue weighted by Crippen LogP contribution is 2.20. The first-order valence-corrected chi connectivity index (χ1v) is 8.19. The molecule has 2 aromatic heterocycles. The predicted octanol–water partition coefficient (Wildman–Crippen LogP) is 2.63. The lowest BCUT2D eigenvalue weighted by atomic mass is 10.2. The van der Waals surface area contributed by atoms with Gasteiger partial charge in [-0.3, -0.25) is 4.40 Å². The number of amides is 1. The van der Waals surface area contributed by atoms with Gasteiger partial charge in [0.15, 0.2) is 4.96 Å². The van der Waals surface area contributed by atoms with E-state index >= 15 is 0 Å². The van der Waals surface area contributed by atoms with Crippen molar-refractivity contribution in [1.82, 2.24) is 20.0 Å². The molecular formula is C15H24N4O2S. The number of carbonyl (C=O) groups excluding carboxylic acids is 1.